The Morgan fingerprint density at radius 1 is 1.18 bits per heavy atom. The summed E-state index contributed by atoms with van der Waals surface area (Å²) in [6, 6.07) is 7.96. The minimum Gasteiger partial charge on any atom is -0.362 e. The van der Waals surface area contributed by atoms with Crippen molar-refractivity contribution in [2.75, 3.05) is 24.3 Å². The van der Waals surface area contributed by atoms with Gasteiger partial charge in [-0.2, -0.15) is 13.2 Å². The number of benzene rings is 1. The molecule has 3 aromatic rings. The van der Waals surface area contributed by atoms with Crippen LogP contribution in [0.4, 0.5) is 24.9 Å². The molecule has 3 rings (SSSR count). The molecule has 6 nitrogen and oxygen atoms in total. The minimum absolute atomic E-state index is 0.0321. The lowest BCUT2D eigenvalue weighted by molar-refractivity contribution is -0.137. The maximum Gasteiger partial charge on any atom is 0.416 e. The third-order valence-corrected chi connectivity index (χ3v) is 4.02. The molecule has 146 valence electrons. The molecule has 0 aliphatic heterocycles. The van der Waals surface area contributed by atoms with Gasteiger partial charge in [-0.05, 0) is 36.8 Å². The van der Waals surface area contributed by atoms with Gasteiger partial charge in [-0.3, -0.25) is 10.1 Å². The smallest absolute Gasteiger partial charge is 0.362 e. The SMILES string of the molecule is Cc1noc(NC(=O)c2cccnc2N(C)C)c1-c1cccc(C(F)(F)F)c1. The molecule has 9 heteroatoms. The average Bonchev–Trinajstić information content (AvgIpc) is 3.01. The summed E-state index contributed by atoms with van der Waals surface area (Å²) in [5.74, 6) is -0.103. The van der Waals surface area contributed by atoms with Crippen molar-refractivity contribution in [1.29, 1.82) is 0 Å². The molecule has 0 bridgehead atoms. The lowest BCUT2D eigenvalue weighted by Gasteiger charge is -2.15. The van der Waals surface area contributed by atoms with Crippen LogP contribution in [0.3, 0.4) is 0 Å². The third kappa shape index (κ3) is 3.83. The van der Waals surface area contributed by atoms with E-state index in [2.05, 4.69) is 15.5 Å². The second kappa shape index (κ2) is 7.34. The fourth-order valence-corrected chi connectivity index (χ4v) is 2.75. The highest BCUT2D eigenvalue weighted by Crippen LogP contribution is 2.36. The Bertz CT molecular complexity index is 1010. The maximum atomic E-state index is 13.0. The molecular formula is C19H17F3N4O2. The Labute approximate surface area is 159 Å². The van der Waals surface area contributed by atoms with Crippen molar-refractivity contribution in [3.8, 4) is 11.1 Å². The topological polar surface area (TPSA) is 71.3 Å². The van der Waals surface area contributed by atoms with Gasteiger partial charge in [0.1, 0.15) is 5.82 Å². The number of hydrogen-bond acceptors (Lipinski definition) is 5. The van der Waals surface area contributed by atoms with Gasteiger partial charge in [0.25, 0.3) is 5.91 Å². The molecule has 0 saturated carbocycles. The molecule has 0 fully saturated rings. The Balaban J connectivity index is 1.98. The Morgan fingerprint density at radius 3 is 2.61 bits per heavy atom. The Morgan fingerprint density at radius 2 is 1.93 bits per heavy atom. The number of hydrogen-bond donors (Lipinski definition) is 1. The number of carbonyl (C=O) groups excluding carboxylic acids is 1. The van der Waals surface area contributed by atoms with E-state index in [0.29, 0.717) is 11.5 Å². The molecule has 0 radical (unpaired) electrons. The number of halogens is 3. The highest BCUT2D eigenvalue weighted by Gasteiger charge is 2.31. The molecule has 0 atom stereocenters. The number of pyridine rings is 1. The molecule has 1 amide bonds. The van der Waals surface area contributed by atoms with Gasteiger partial charge >= 0.3 is 6.18 Å². The van der Waals surface area contributed by atoms with Crippen molar-refractivity contribution in [3.05, 3.63) is 59.4 Å². The predicted molar refractivity (Wildman–Crippen MR) is 98.2 cm³/mol. The van der Waals surface area contributed by atoms with Crippen molar-refractivity contribution in [1.82, 2.24) is 10.1 Å². The van der Waals surface area contributed by atoms with Gasteiger partial charge in [-0.25, -0.2) is 4.98 Å². The first-order valence-electron chi connectivity index (χ1n) is 8.26. The van der Waals surface area contributed by atoms with E-state index in [9.17, 15) is 18.0 Å². The van der Waals surface area contributed by atoms with Crippen LogP contribution >= 0.6 is 0 Å². The molecule has 2 heterocycles. The summed E-state index contributed by atoms with van der Waals surface area (Å²) in [7, 11) is 3.48. The van der Waals surface area contributed by atoms with Crippen LogP contribution in [0.25, 0.3) is 11.1 Å². The normalized spacial score (nSPS) is 11.4. The molecule has 28 heavy (non-hydrogen) atoms. The number of carbonyl (C=O) groups is 1. The number of anilines is 2. The molecule has 1 N–H and O–H groups in total. The second-order valence-electron chi connectivity index (χ2n) is 6.27. The number of nitrogens with one attached hydrogen (secondary N) is 1. The van der Waals surface area contributed by atoms with Crippen LogP contribution in [0, 0.1) is 6.92 Å². The summed E-state index contributed by atoms with van der Waals surface area (Å²) in [6.45, 7) is 1.59. The van der Waals surface area contributed by atoms with E-state index in [1.54, 1.807) is 44.2 Å². The first-order valence-corrected chi connectivity index (χ1v) is 8.26. The predicted octanol–water partition coefficient (Wildman–Crippen LogP) is 4.38. The van der Waals surface area contributed by atoms with Gasteiger partial charge in [0, 0.05) is 20.3 Å². The van der Waals surface area contributed by atoms with Crippen molar-refractivity contribution < 1.29 is 22.5 Å². The number of alkyl halides is 3. The lowest BCUT2D eigenvalue weighted by atomic mass is 10.0. The quantitative estimate of drug-likeness (QED) is 0.716. The fourth-order valence-electron chi connectivity index (χ4n) is 2.75. The largest absolute Gasteiger partial charge is 0.416 e. The van der Waals surface area contributed by atoms with Crippen LogP contribution in [0.5, 0.6) is 0 Å². The zero-order valence-corrected chi connectivity index (χ0v) is 15.3. The summed E-state index contributed by atoms with van der Waals surface area (Å²) in [5, 5.41) is 6.38. The molecule has 0 spiro atoms. The van der Waals surface area contributed by atoms with Gasteiger partial charge in [0.15, 0.2) is 0 Å². The van der Waals surface area contributed by atoms with Gasteiger partial charge < -0.3 is 9.42 Å². The van der Waals surface area contributed by atoms with Crippen LogP contribution in [0.1, 0.15) is 21.6 Å². The van der Waals surface area contributed by atoms with Crippen molar-refractivity contribution in [3.63, 3.8) is 0 Å². The number of nitrogens with zero attached hydrogens (tertiary/aromatic N) is 3. The fraction of sp³-hybridized carbons (Fsp3) is 0.211. The number of rotatable bonds is 4. The first kappa shape index (κ1) is 19.4. The van der Waals surface area contributed by atoms with Gasteiger partial charge in [0.2, 0.25) is 5.88 Å². The van der Waals surface area contributed by atoms with E-state index in [1.165, 1.54) is 12.1 Å². The molecule has 0 aliphatic carbocycles. The summed E-state index contributed by atoms with van der Waals surface area (Å²) in [6.07, 6.45) is -2.93. The minimum atomic E-state index is -4.49. The van der Waals surface area contributed by atoms with Crippen molar-refractivity contribution in [2.24, 2.45) is 0 Å². The summed E-state index contributed by atoms with van der Waals surface area (Å²) in [5.41, 5.74) is 0.368. The zero-order chi connectivity index (χ0) is 20.5. The number of aromatic nitrogens is 2. The van der Waals surface area contributed by atoms with Crippen LogP contribution in [-0.2, 0) is 6.18 Å². The standard InChI is InChI=1S/C19H17F3N4O2/c1-11-15(12-6-4-7-13(10-12)19(20,21)22)18(28-25-11)24-17(27)14-8-5-9-23-16(14)26(2)3/h4-10H,1-3H3,(H,24,27). The first-order chi connectivity index (χ1) is 13.2. The van der Waals surface area contributed by atoms with E-state index in [1.807, 2.05) is 0 Å². The maximum absolute atomic E-state index is 13.0. The van der Waals surface area contributed by atoms with Gasteiger partial charge in [-0.15, -0.1) is 0 Å². The molecule has 0 aliphatic rings. The van der Waals surface area contributed by atoms with E-state index < -0.39 is 17.6 Å². The highest BCUT2D eigenvalue weighted by atomic mass is 19.4. The average molecular weight is 390 g/mol. The Hall–Kier alpha value is -3.36. The summed E-state index contributed by atoms with van der Waals surface area (Å²) < 4.78 is 44.3. The zero-order valence-electron chi connectivity index (χ0n) is 15.3. The summed E-state index contributed by atoms with van der Waals surface area (Å²) >= 11 is 0. The van der Waals surface area contributed by atoms with Crippen molar-refractivity contribution in [2.45, 2.75) is 13.1 Å². The molecular weight excluding hydrogens is 373 g/mol. The molecule has 1 aromatic carbocycles. The number of amides is 1. The van der Waals surface area contributed by atoms with Crippen molar-refractivity contribution >= 4 is 17.6 Å². The molecule has 0 unspecified atom stereocenters. The molecule has 2 aromatic heterocycles. The van der Waals surface area contributed by atoms with E-state index >= 15 is 0 Å². The monoisotopic (exact) mass is 390 g/mol. The third-order valence-electron chi connectivity index (χ3n) is 4.02. The van der Waals surface area contributed by atoms with Gasteiger partial charge in [-0.1, -0.05) is 17.3 Å². The van der Waals surface area contributed by atoms with E-state index in [0.717, 1.165) is 12.1 Å². The number of aryl methyl sites for hydroxylation is 1. The van der Waals surface area contributed by atoms with E-state index in [4.69, 9.17) is 4.52 Å². The van der Waals surface area contributed by atoms with Crippen LogP contribution in [0.15, 0.2) is 47.1 Å². The second-order valence-corrected chi connectivity index (χ2v) is 6.27. The lowest BCUT2D eigenvalue weighted by Crippen LogP contribution is -2.19. The van der Waals surface area contributed by atoms with E-state index in [-0.39, 0.29) is 22.6 Å². The Kier molecular flexibility index (Phi) is 5.08. The highest BCUT2D eigenvalue weighted by molar-refractivity contribution is 6.08. The van der Waals surface area contributed by atoms with Gasteiger partial charge in [0.05, 0.1) is 22.4 Å². The molecule has 0 saturated heterocycles. The van der Waals surface area contributed by atoms with Crippen LogP contribution < -0.4 is 10.2 Å². The van der Waals surface area contributed by atoms with Crippen LogP contribution in [-0.4, -0.2) is 30.1 Å². The van der Waals surface area contributed by atoms with Crippen LogP contribution in [0.2, 0.25) is 0 Å². The summed E-state index contributed by atoms with van der Waals surface area (Å²) in [4.78, 5) is 18.5.